The molecule has 1 aromatic carbocycles. The van der Waals surface area contributed by atoms with Gasteiger partial charge in [0.15, 0.2) is 0 Å². The zero-order chi connectivity index (χ0) is 19.4. The lowest BCUT2D eigenvalue weighted by molar-refractivity contribution is -0.138. The van der Waals surface area contributed by atoms with Gasteiger partial charge < -0.3 is 10.2 Å². The van der Waals surface area contributed by atoms with Crippen LogP contribution >= 0.6 is 0 Å². The Kier molecular flexibility index (Phi) is 6.50. The first-order valence-corrected chi connectivity index (χ1v) is 9.98. The van der Waals surface area contributed by atoms with Crippen LogP contribution in [0.2, 0.25) is 0 Å². The van der Waals surface area contributed by atoms with Gasteiger partial charge in [-0.3, -0.25) is 19.4 Å². The van der Waals surface area contributed by atoms with Crippen LogP contribution in [0.25, 0.3) is 0 Å². The van der Waals surface area contributed by atoms with Crippen molar-refractivity contribution in [3.05, 3.63) is 35.4 Å². The first-order chi connectivity index (χ1) is 13.0. The van der Waals surface area contributed by atoms with Gasteiger partial charge in [0.25, 0.3) is 0 Å². The van der Waals surface area contributed by atoms with E-state index in [0.29, 0.717) is 12.5 Å². The van der Waals surface area contributed by atoms with Crippen LogP contribution in [-0.2, 0) is 9.59 Å². The largest absolute Gasteiger partial charge is 0.355 e. The highest BCUT2D eigenvalue weighted by Gasteiger charge is 2.32. The first kappa shape index (κ1) is 19.8. The topological polar surface area (TPSA) is 55.9 Å². The number of likely N-dealkylation sites (N-methyl/N-ethyl adjacent to an activating group) is 1. The molecule has 2 amide bonds. The van der Waals surface area contributed by atoms with E-state index >= 15 is 0 Å². The molecule has 2 heterocycles. The fourth-order valence-electron chi connectivity index (χ4n) is 4.28. The summed E-state index contributed by atoms with van der Waals surface area (Å²) in [6, 6.07) is 8.47. The molecule has 148 valence electrons. The molecule has 6 nitrogen and oxygen atoms in total. The van der Waals surface area contributed by atoms with Crippen LogP contribution in [0, 0.1) is 6.92 Å². The van der Waals surface area contributed by atoms with E-state index in [0.717, 1.165) is 51.1 Å². The minimum absolute atomic E-state index is 0.150. The average molecular weight is 373 g/mol. The van der Waals surface area contributed by atoms with Crippen LogP contribution in [0.3, 0.4) is 0 Å². The third kappa shape index (κ3) is 4.87. The maximum absolute atomic E-state index is 13.2. The number of amides is 2. The Balaban J connectivity index is 1.62. The van der Waals surface area contributed by atoms with Crippen molar-refractivity contribution in [1.29, 1.82) is 0 Å². The molecule has 2 saturated heterocycles. The summed E-state index contributed by atoms with van der Waals surface area (Å²) in [5.41, 5.74) is 2.24. The van der Waals surface area contributed by atoms with Crippen LogP contribution in [0.5, 0.6) is 0 Å². The molecule has 1 aromatic rings. The zero-order valence-corrected chi connectivity index (χ0v) is 16.8. The van der Waals surface area contributed by atoms with Crippen LogP contribution < -0.4 is 5.32 Å². The number of carbonyl (C=O) groups excluding carboxylic acids is 2. The van der Waals surface area contributed by atoms with Crippen molar-refractivity contribution in [2.45, 2.75) is 38.3 Å². The predicted octanol–water partition coefficient (Wildman–Crippen LogP) is 1.41. The van der Waals surface area contributed by atoms with Crippen molar-refractivity contribution in [1.82, 2.24) is 20.0 Å². The van der Waals surface area contributed by atoms with E-state index in [2.05, 4.69) is 29.3 Å². The number of nitrogens with one attached hydrogen (secondary N) is 1. The first-order valence-electron chi connectivity index (χ1n) is 9.98. The predicted molar refractivity (Wildman–Crippen MR) is 106 cm³/mol. The lowest BCUT2D eigenvalue weighted by atomic mass is 9.98. The van der Waals surface area contributed by atoms with E-state index in [1.165, 1.54) is 5.56 Å². The van der Waals surface area contributed by atoms with Gasteiger partial charge in [0.1, 0.15) is 6.04 Å². The molecule has 6 heteroatoms. The highest BCUT2D eigenvalue weighted by atomic mass is 16.2. The van der Waals surface area contributed by atoms with Crippen molar-refractivity contribution in [3.8, 4) is 0 Å². The van der Waals surface area contributed by atoms with Gasteiger partial charge >= 0.3 is 0 Å². The number of hydrogen-bond acceptors (Lipinski definition) is 4. The molecule has 2 fully saturated rings. The van der Waals surface area contributed by atoms with Crippen LogP contribution in [0.1, 0.15) is 36.4 Å². The molecule has 0 aliphatic carbocycles. The third-order valence-electron chi connectivity index (χ3n) is 5.75. The van der Waals surface area contributed by atoms with Gasteiger partial charge in [-0.15, -0.1) is 0 Å². The van der Waals surface area contributed by atoms with Crippen molar-refractivity contribution in [2.24, 2.45) is 0 Å². The van der Waals surface area contributed by atoms with Crippen molar-refractivity contribution in [2.75, 3.05) is 46.8 Å². The lowest BCUT2D eigenvalue weighted by Crippen LogP contribution is -2.50. The molecular weight excluding hydrogens is 340 g/mol. The maximum atomic E-state index is 13.2. The molecule has 0 spiro atoms. The van der Waals surface area contributed by atoms with E-state index < -0.39 is 0 Å². The van der Waals surface area contributed by atoms with Crippen LogP contribution in [0.4, 0.5) is 0 Å². The highest BCUT2D eigenvalue weighted by molar-refractivity contribution is 5.83. The molecule has 0 aromatic heterocycles. The summed E-state index contributed by atoms with van der Waals surface area (Å²) in [5.74, 6) is 0.342. The molecule has 0 unspecified atom stereocenters. The Labute approximate surface area is 162 Å². The van der Waals surface area contributed by atoms with Gasteiger partial charge in [0.2, 0.25) is 11.8 Å². The zero-order valence-electron chi connectivity index (χ0n) is 16.8. The SMILES string of the molecule is Cc1cccc([C@@H](C(=O)N2CCC(N3CCNC(=O)CC3)CC2)N(C)C)c1. The van der Waals surface area contributed by atoms with Gasteiger partial charge in [-0.2, -0.15) is 0 Å². The molecule has 0 saturated carbocycles. The molecule has 2 aliphatic rings. The van der Waals surface area contributed by atoms with Crippen molar-refractivity contribution >= 4 is 11.8 Å². The van der Waals surface area contributed by atoms with E-state index in [1.807, 2.05) is 36.0 Å². The second kappa shape index (κ2) is 8.85. The van der Waals surface area contributed by atoms with Crippen LogP contribution in [0.15, 0.2) is 24.3 Å². The van der Waals surface area contributed by atoms with E-state index in [-0.39, 0.29) is 17.9 Å². The number of nitrogens with zero attached hydrogens (tertiary/aromatic N) is 3. The Morgan fingerprint density at radius 2 is 1.93 bits per heavy atom. The summed E-state index contributed by atoms with van der Waals surface area (Å²) in [6.45, 7) is 6.11. The molecule has 3 rings (SSSR count). The minimum atomic E-state index is -0.235. The number of aryl methyl sites for hydroxylation is 1. The number of carbonyl (C=O) groups is 2. The summed E-state index contributed by atoms with van der Waals surface area (Å²) in [4.78, 5) is 31.3. The van der Waals surface area contributed by atoms with E-state index in [1.54, 1.807) is 0 Å². The van der Waals surface area contributed by atoms with Gasteiger partial charge in [0, 0.05) is 45.2 Å². The second-order valence-corrected chi connectivity index (χ2v) is 7.97. The Morgan fingerprint density at radius 3 is 2.59 bits per heavy atom. The molecule has 2 aliphatic heterocycles. The number of likely N-dealkylation sites (tertiary alicyclic amines) is 1. The maximum Gasteiger partial charge on any atom is 0.244 e. The van der Waals surface area contributed by atoms with E-state index in [4.69, 9.17) is 0 Å². The Morgan fingerprint density at radius 1 is 1.19 bits per heavy atom. The normalized spacial score (nSPS) is 21.0. The molecular formula is C21H32N4O2. The summed E-state index contributed by atoms with van der Waals surface area (Å²) in [5, 5.41) is 2.94. The fraction of sp³-hybridized carbons (Fsp3) is 0.619. The third-order valence-corrected chi connectivity index (χ3v) is 5.75. The number of rotatable bonds is 4. The summed E-state index contributed by atoms with van der Waals surface area (Å²) in [6.07, 6.45) is 2.54. The average Bonchev–Trinajstić information content (AvgIpc) is 2.86. The monoisotopic (exact) mass is 372 g/mol. The smallest absolute Gasteiger partial charge is 0.244 e. The molecule has 27 heavy (non-hydrogen) atoms. The lowest BCUT2D eigenvalue weighted by Gasteiger charge is -2.39. The van der Waals surface area contributed by atoms with Crippen molar-refractivity contribution < 1.29 is 9.59 Å². The summed E-state index contributed by atoms with van der Waals surface area (Å²) < 4.78 is 0. The standard InChI is InChI=1S/C21H32N4O2/c1-16-5-4-6-17(15-16)20(23(2)3)21(27)25-11-7-18(8-12-25)24-13-9-19(26)22-10-14-24/h4-6,15,18,20H,7-14H2,1-3H3,(H,22,26)/t20-/m0/s1. The fourth-order valence-corrected chi connectivity index (χ4v) is 4.28. The second-order valence-electron chi connectivity index (χ2n) is 7.97. The summed E-state index contributed by atoms with van der Waals surface area (Å²) >= 11 is 0. The number of benzene rings is 1. The minimum Gasteiger partial charge on any atom is -0.355 e. The molecule has 0 radical (unpaired) electrons. The van der Waals surface area contributed by atoms with Gasteiger partial charge in [0.05, 0.1) is 0 Å². The van der Waals surface area contributed by atoms with Gasteiger partial charge in [-0.05, 0) is 39.4 Å². The van der Waals surface area contributed by atoms with Crippen LogP contribution in [-0.4, -0.2) is 79.4 Å². The molecule has 0 bridgehead atoms. The number of hydrogen-bond donors (Lipinski definition) is 1. The Hall–Kier alpha value is -1.92. The summed E-state index contributed by atoms with van der Waals surface area (Å²) in [7, 11) is 3.94. The van der Waals surface area contributed by atoms with E-state index in [9.17, 15) is 9.59 Å². The quantitative estimate of drug-likeness (QED) is 0.868. The Bertz CT molecular complexity index is 668. The number of piperidine rings is 1. The van der Waals surface area contributed by atoms with Gasteiger partial charge in [-0.25, -0.2) is 0 Å². The van der Waals surface area contributed by atoms with Gasteiger partial charge in [-0.1, -0.05) is 29.8 Å². The molecule has 1 N–H and O–H groups in total. The van der Waals surface area contributed by atoms with Crippen molar-refractivity contribution in [3.63, 3.8) is 0 Å². The molecule has 1 atom stereocenters. The highest BCUT2D eigenvalue weighted by Crippen LogP contribution is 2.25.